The van der Waals surface area contributed by atoms with Crippen molar-refractivity contribution in [3.63, 3.8) is 0 Å². The molecule has 8 nitrogen and oxygen atoms in total. The molecule has 0 aliphatic carbocycles. The van der Waals surface area contributed by atoms with Gasteiger partial charge in [-0.25, -0.2) is 9.79 Å². The van der Waals surface area contributed by atoms with E-state index in [9.17, 15) is 9.59 Å². The van der Waals surface area contributed by atoms with E-state index in [1.54, 1.807) is 44.8 Å². The van der Waals surface area contributed by atoms with Crippen molar-refractivity contribution < 1.29 is 23.7 Å². The molecule has 3 aromatic rings. The van der Waals surface area contributed by atoms with Crippen molar-refractivity contribution >= 4 is 68.6 Å². The van der Waals surface area contributed by atoms with E-state index in [4.69, 9.17) is 18.9 Å². The van der Waals surface area contributed by atoms with Gasteiger partial charge in [-0.3, -0.25) is 9.36 Å². The molecule has 0 saturated carbocycles. The predicted molar refractivity (Wildman–Crippen MR) is 168 cm³/mol. The Kier molecular flexibility index (Phi) is 9.42. The second-order valence-electron chi connectivity index (χ2n) is 8.89. The minimum absolute atomic E-state index is 0.0549. The van der Waals surface area contributed by atoms with Crippen LogP contribution in [0.2, 0.25) is 0 Å². The van der Waals surface area contributed by atoms with Gasteiger partial charge >= 0.3 is 5.97 Å². The minimum atomic E-state index is -0.762. The Hall–Kier alpha value is -2.39. The predicted octanol–water partition coefficient (Wildman–Crippen LogP) is 4.81. The molecule has 2 heterocycles. The van der Waals surface area contributed by atoms with Crippen LogP contribution in [0.3, 0.4) is 0 Å². The van der Waals surface area contributed by atoms with Crippen molar-refractivity contribution in [2.45, 2.75) is 39.8 Å². The number of thiazole rings is 1. The van der Waals surface area contributed by atoms with Gasteiger partial charge in [0.1, 0.15) is 5.75 Å². The molecule has 0 amide bonds. The van der Waals surface area contributed by atoms with Gasteiger partial charge in [0.15, 0.2) is 16.3 Å². The highest BCUT2D eigenvalue weighted by atomic mass is 127. The number of carbonyl (C=O) groups is 1. The standard InChI is InChI=1S/C28H28I2N2O6S/c1-7-37-27(34)23-15(4)31-28-32(24(23)16-8-9-20(38-14(2)3)21(11-16)35-5)26(33)22(39-28)12-17-10-18(29)13-19(30)25(17)36-6/h8-14,24H,7H2,1-6H3/b22-12+/t24-/m0/s1. The van der Waals surface area contributed by atoms with Gasteiger partial charge in [0, 0.05) is 9.13 Å². The Morgan fingerprint density at radius 3 is 2.54 bits per heavy atom. The van der Waals surface area contributed by atoms with Gasteiger partial charge in [0.05, 0.1) is 52.3 Å². The molecule has 1 atom stereocenters. The summed E-state index contributed by atoms with van der Waals surface area (Å²) in [4.78, 5) is 32.3. The van der Waals surface area contributed by atoms with E-state index < -0.39 is 12.0 Å². The average molecular weight is 774 g/mol. The first-order valence-electron chi connectivity index (χ1n) is 12.2. The monoisotopic (exact) mass is 774 g/mol. The molecule has 11 heteroatoms. The van der Waals surface area contributed by atoms with Crippen LogP contribution in [0.15, 0.2) is 51.4 Å². The third-order valence-electron chi connectivity index (χ3n) is 5.91. The van der Waals surface area contributed by atoms with E-state index in [1.165, 1.54) is 11.3 Å². The van der Waals surface area contributed by atoms with Crippen LogP contribution in [0.4, 0.5) is 0 Å². The Bertz CT molecular complexity index is 1640. The molecule has 0 spiro atoms. The third-order valence-corrected chi connectivity index (χ3v) is 8.32. The molecule has 0 fully saturated rings. The van der Waals surface area contributed by atoms with E-state index in [1.807, 2.05) is 38.1 Å². The Morgan fingerprint density at radius 1 is 1.15 bits per heavy atom. The van der Waals surface area contributed by atoms with Crippen LogP contribution in [0.25, 0.3) is 6.08 Å². The van der Waals surface area contributed by atoms with E-state index in [0.29, 0.717) is 43.4 Å². The highest BCUT2D eigenvalue weighted by Crippen LogP contribution is 2.36. The quantitative estimate of drug-likeness (QED) is 0.242. The second-order valence-corrected chi connectivity index (χ2v) is 12.3. The van der Waals surface area contributed by atoms with Crippen LogP contribution in [0.1, 0.15) is 44.9 Å². The molecule has 1 aromatic heterocycles. The lowest BCUT2D eigenvalue weighted by molar-refractivity contribution is -0.139. The van der Waals surface area contributed by atoms with E-state index in [-0.39, 0.29) is 18.3 Å². The summed E-state index contributed by atoms with van der Waals surface area (Å²) in [5.41, 5.74) is 1.99. The Balaban J connectivity index is 1.98. The maximum Gasteiger partial charge on any atom is 0.338 e. The number of methoxy groups -OCH3 is 2. The molecule has 4 rings (SSSR count). The highest BCUT2D eigenvalue weighted by Gasteiger charge is 2.34. The summed E-state index contributed by atoms with van der Waals surface area (Å²) in [6.07, 6.45) is 1.76. The largest absolute Gasteiger partial charge is 0.495 e. The fraction of sp³-hybridized carbons (Fsp3) is 0.321. The zero-order chi connectivity index (χ0) is 28.4. The Labute approximate surface area is 257 Å². The van der Waals surface area contributed by atoms with E-state index in [0.717, 1.165) is 12.7 Å². The summed E-state index contributed by atoms with van der Waals surface area (Å²) >= 11 is 5.72. The number of carbonyl (C=O) groups excluding carboxylic acids is 1. The van der Waals surface area contributed by atoms with Crippen LogP contribution < -0.4 is 29.1 Å². The fourth-order valence-corrected chi connectivity index (χ4v) is 7.50. The van der Waals surface area contributed by atoms with Gasteiger partial charge in [-0.2, -0.15) is 0 Å². The first-order chi connectivity index (χ1) is 18.6. The van der Waals surface area contributed by atoms with Crippen molar-refractivity contribution in [1.82, 2.24) is 4.57 Å². The van der Waals surface area contributed by atoms with Gasteiger partial charge in [0.2, 0.25) is 0 Å². The molecule has 0 radical (unpaired) electrons. The number of nitrogens with zero attached hydrogens (tertiary/aromatic N) is 2. The van der Waals surface area contributed by atoms with Gasteiger partial charge < -0.3 is 18.9 Å². The lowest BCUT2D eigenvalue weighted by atomic mass is 9.95. The van der Waals surface area contributed by atoms with Gasteiger partial charge in [-0.15, -0.1) is 0 Å². The molecular weight excluding hydrogens is 746 g/mol. The van der Waals surface area contributed by atoms with Gasteiger partial charge in [-0.05, 0) is 109 Å². The fourth-order valence-electron chi connectivity index (χ4n) is 4.36. The second kappa shape index (κ2) is 12.4. The van der Waals surface area contributed by atoms with E-state index in [2.05, 4.69) is 50.2 Å². The summed E-state index contributed by atoms with van der Waals surface area (Å²) in [5, 5.41) is 0. The molecule has 0 N–H and O–H groups in total. The molecule has 0 saturated heterocycles. The summed E-state index contributed by atoms with van der Waals surface area (Å²) in [7, 11) is 3.17. The maximum atomic E-state index is 14.0. The number of ether oxygens (including phenoxy) is 4. The van der Waals surface area contributed by atoms with Crippen LogP contribution in [0.5, 0.6) is 17.2 Å². The minimum Gasteiger partial charge on any atom is -0.495 e. The van der Waals surface area contributed by atoms with Crippen molar-refractivity contribution in [3.05, 3.63) is 79.6 Å². The van der Waals surface area contributed by atoms with E-state index >= 15 is 0 Å². The zero-order valence-electron chi connectivity index (χ0n) is 22.3. The van der Waals surface area contributed by atoms with Crippen molar-refractivity contribution in [3.8, 4) is 17.2 Å². The molecular formula is C28H28I2N2O6S. The first-order valence-corrected chi connectivity index (χ1v) is 15.1. The number of allylic oxidation sites excluding steroid dienone is 1. The Morgan fingerprint density at radius 2 is 1.90 bits per heavy atom. The number of hydrogen-bond donors (Lipinski definition) is 0. The van der Waals surface area contributed by atoms with Crippen LogP contribution in [-0.4, -0.2) is 37.5 Å². The van der Waals surface area contributed by atoms with Crippen molar-refractivity contribution in [2.24, 2.45) is 4.99 Å². The zero-order valence-corrected chi connectivity index (χ0v) is 27.5. The SMILES string of the molecule is CCOC(=O)C1=C(C)N=c2s/c(=C/c3cc(I)cc(I)c3OC)c(=O)n2[C@H]1c1ccc(OC(C)C)c(OC)c1. The lowest BCUT2D eigenvalue weighted by Gasteiger charge is -2.25. The molecule has 1 aliphatic heterocycles. The molecule has 0 bridgehead atoms. The summed E-state index contributed by atoms with van der Waals surface area (Å²) < 4.78 is 26.5. The average Bonchev–Trinajstić information content (AvgIpc) is 3.17. The normalized spacial score (nSPS) is 15.2. The maximum absolute atomic E-state index is 14.0. The van der Waals surface area contributed by atoms with Crippen LogP contribution >= 0.6 is 56.5 Å². The summed E-state index contributed by atoms with van der Waals surface area (Å²) in [6, 6.07) is 8.63. The van der Waals surface area contributed by atoms with Gasteiger partial charge in [0.25, 0.3) is 5.56 Å². The molecule has 206 valence electrons. The van der Waals surface area contributed by atoms with Crippen molar-refractivity contribution in [2.75, 3.05) is 20.8 Å². The highest BCUT2D eigenvalue weighted by molar-refractivity contribution is 14.1. The summed E-state index contributed by atoms with van der Waals surface area (Å²) in [5.74, 6) is 1.24. The van der Waals surface area contributed by atoms with Crippen LogP contribution in [-0.2, 0) is 9.53 Å². The number of rotatable bonds is 8. The number of esters is 1. The number of aromatic nitrogens is 1. The number of halogens is 2. The third kappa shape index (κ3) is 6.04. The topological polar surface area (TPSA) is 88.4 Å². The molecule has 0 unspecified atom stereocenters. The number of hydrogen-bond acceptors (Lipinski definition) is 8. The van der Waals surface area contributed by atoms with Gasteiger partial charge in [-0.1, -0.05) is 17.4 Å². The summed E-state index contributed by atoms with van der Waals surface area (Å²) in [6.45, 7) is 7.56. The van der Waals surface area contributed by atoms with Crippen LogP contribution in [0, 0.1) is 7.14 Å². The molecule has 2 aromatic carbocycles. The number of fused-ring (bicyclic) bond motifs is 1. The lowest BCUT2D eigenvalue weighted by Crippen LogP contribution is -2.40. The smallest absolute Gasteiger partial charge is 0.338 e. The number of benzene rings is 2. The first kappa shape index (κ1) is 29.6. The molecule has 39 heavy (non-hydrogen) atoms. The molecule has 1 aliphatic rings. The van der Waals surface area contributed by atoms with Crippen molar-refractivity contribution in [1.29, 1.82) is 0 Å².